The second kappa shape index (κ2) is 3.90. The summed E-state index contributed by atoms with van der Waals surface area (Å²) in [5.74, 6) is -0.396. The average molecular weight is 171 g/mol. The molecule has 1 aromatic heterocycles. The fourth-order valence-electron chi connectivity index (χ4n) is 0.916. The van der Waals surface area contributed by atoms with Gasteiger partial charge in [-0.1, -0.05) is 0 Å². The highest BCUT2D eigenvalue weighted by Gasteiger charge is 2.05. The van der Waals surface area contributed by atoms with E-state index in [2.05, 4.69) is 4.74 Å². The van der Waals surface area contributed by atoms with Crippen molar-refractivity contribution in [2.75, 3.05) is 13.8 Å². The summed E-state index contributed by atoms with van der Waals surface area (Å²) in [4.78, 5) is 10.9. The highest BCUT2D eigenvalue weighted by Crippen LogP contribution is 2.02. The van der Waals surface area contributed by atoms with E-state index in [4.69, 9.17) is 0 Å². The van der Waals surface area contributed by atoms with Crippen LogP contribution in [0.5, 0.6) is 0 Å². The van der Waals surface area contributed by atoms with Crippen molar-refractivity contribution in [1.82, 2.24) is 4.57 Å². The first kappa shape index (κ1) is 8.77. The van der Waals surface area contributed by atoms with Gasteiger partial charge in [0.15, 0.2) is 0 Å². The smallest absolute Gasteiger partial charge is 0.339 e. The molecule has 0 saturated heterocycles. The van der Waals surface area contributed by atoms with Crippen molar-refractivity contribution in [3.05, 3.63) is 24.0 Å². The Morgan fingerprint density at radius 2 is 2.50 bits per heavy atom. The lowest BCUT2D eigenvalue weighted by Crippen LogP contribution is -2.00. The molecule has 4 heteroatoms. The Morgan fingerprint density at radius 1 is 1.75 bits per heavy atom. The SMILES string of the molecule is COC(=O)c1ccn(CCF)c1. The molecular weight excluding hydrogens is 161 g/mol. The quantitative estimate of drug-likeness (QED) is 0.641. The number of nitrogens with zero attached hydrogens (tertiary/aromatic N) is 1. The number of aryl methyl sites for hydroxylation is 1. The highest BCUT2D eigenvalue weighted by atomic mass is 19.1. The van der Waals surface area contributed by atoms with Crippen molar-refractivity contribution >= 4 is 5.97 Å². The van der Waals surface area contributed by atoms with Gasteiger partial charge in [0.1, 0.15) is 6.67 Å². The van der Waals surface area contributed by atoms with Crippen LogP contribution in [0.25, 0.3) is 0 Å². The van der Waals surface area contributed by atoms with Gasteiger partial charge in [-0.3, -0.25) is 0 Å². The van der Waals surface area contributed by atoms with E-state index in [0.29, 0.717) is 5.56 Å². The number of aromatic nitrogens is 1. The number of carbonyl (C=O) groups is 1. The van der Waals surface area contributed by atoms with Crippen LogP contribution in [0.4, 0.5) is 4.39 Å². The molecule has 0 fully saturated rings. The minimum atomic E-state index is -0.435. The van der Waals surface area contributed by atoms with Crippen molar-refractivity contribution in [1.29, 1.82) is 0 Å². The Balaban J connectivity index is 2.70. The van der Waals surface area contributed by atoms with E-state index >= 15 is 0 Å². The lowest BCUT2D eigenvalue weighted by molar-refractivity contribution is 0.0600. The number of carbonyl (C=O) groups excluding carboxylic acids is 1. The van der Waals surface area contributed by atoms with Gasteiger partial charge in [0.05, 0.1) is 19.2 Å². The molecule has 0 radical (unpaired) electrons. The summed E-state index contributed by atoms with van der Waals surface area (Å²) in [6.07, 6.45) is 3.21. The van der Waals surface area contributed by atoms with Crippen molar-refractivity contribution in [3.8, 4) is 0 Å². The predicted molar refractivity (Wildman–Crippen MR) is 41.7 cm³/mol. The van der Waals surface area contributed by atoms with E-state index in [9.17, 15) is 9.18 Å². The molecule has 3 nitrogen and oxygen atoms in total. The maximum atomic E-state index is 11.8. The fraction of sp³-hybridized carbons (Fsp3) is 0.375. The molecule has 0 unspecified atom stereocenters. The maximum absolute atomic E-state index is 11.8. The van der Waals surface area contributed by atoms with Gasteiger partial charge in [0, 0.05) is 12.4 Å². The molecular formula is C8H10FNO2. The number of esters is 1. The Bertz CT molecular complexity index is 270. The lowest BCUT2D eigenvalue weighted by Gasteiger charge is -1.95. The minimum Gasteiger partial charge on any atom is -0.465 e. The standard InChI is InChI=1S/C8H10FNO2/c1-12-8(11)7-2-4-10(6-7)5-3-9/h2,4,6H,3,5H2,1H3. The van der Waals surface area contributed by atoms with Crippen LogP contribution in [-0.2, 0) is 11.3 Å². The zero-order chi connectivity index (χ0) is 8.97. The normalized spacial score (nSPS) is 9.83. The molecule has 1 aromatic rings. The number of alkyl halides is 1. The van der Waals surface area contributed by atoms with E-state index in [-0.39, 0.29) is 6.54 Å². The molecule has 0 aliphatic rings. The van der Waals surface area contributed by atoms with Gasteiger partial charge >= 0.3 is 5.97 Å². The largest absolute Gasteiger partial charge is 0.465 e. The lowest BCUT2D eigenvalue weighted by atomic mass is 10.3. The zero-order valence-electron chi connectivity index (χ0n) is 6.79. The van der Waals surface area contributed by atoms with E-state index in [1.165, 1.54) is 7.11 Å². The number of halogens is 1. The Labute approximate surface area is 69.8 Å². The molecule has 1 heterocycles. The van der Waals surface area contributed by atoms with Gasteiger partial charge in [-0.25, -0.2) is 9.18 Å². The van der Waals surface area contributed by atoms with Crippen molar-refractivity contribution < 1.29 is 13.9 Å². The number of hydrogen-bond acceptors (Lipinski definition) is 2. The summed E-state index contributed by atoms with van der Waals surface area (Å²) in [5.41, 5.74) is 0.450. The van der Waals surface area contributed by atoms with Crippen LogP contribution >= 0.6 is 0 Å². The van der Waals surface area contributed by atoms with E-state index in [1.54, 1.807) is 23.0 Å². The van der Waals surface area contributed by atoms with Gasteiger partial charge in [-0.15, -0.1) is 0 Å². The number of ether oxygens (including phenoxy) is 1. The summed E-state index contributed by atoms with van der Waals surface area (Å²) < 4.78 is 17.9. The van der Waals surface area contributed by atoms with Gasteiger partial charge in [0.25, 0.3) is 0 Å². The zero-order valence-corrected chi connectivity index (χ0v) is 6.79. The summed E-state index contributed by atoms with van der Waals surface area (Å²) >= 11 is 0. The first-order valence-corrected chi connectivity index (χ1v) is 3.58. The Hall–Kier alpha value is -1.32. The van der Waals surface area contributed by atoms with Crippen LogP contribution in [0.2, 0.25) is 0 Å². The average Bonchev–Trinajstić information content (AvgIpc) is 2.52. The van der Waals surface area contributed by atoms with Crippen LogP contribution in [0, 0.1) is 0 Å². The molecule has 0 bridgehead atoms. The molecule has 1 rings (SSSR count). The summed E-state index contributed by atoms with van der Waals surface area (Å²) in [7, 11) is 1.31. The first-order chi connectivity index (χ1) is 5.77. The third-order valence-electron chi connectivity index (χ3n) is 1.51. The van der Waals surface area contributed by atoms with Crippen LogP contribution in [-0.4, -0.2) is 24.3 Å². The summed E-state index contributed by atoms with van der Waals surface area (Å²) in [6, 6.07) is 1.60. The molecule has 12 heavy (non-hydrogen) atoms. The van der Waals surface area contributed by atoms with E-state index < -0.39 is 12.6 Å². The molecule has 0 spiro atoms. The summed E-state index contributed by atoms with van der Waals surface area (Å²) in [6.45, 7) is -0.160. The van der Waals surface area contributed by atoms with Crippen molar-refractivity contribution in [2.24, 2.45) is 0 Å². The fourth-order valence-corrected chi connectivity index (χ4v) is 0.916. The predicted octanol–water partition coefficient (Wildman–Crippen LogP) is 1.24. The van der Waals surface area contributed by atoms with E-state index in [0.717, 1.165) is 0 Å². The molecule has 0 atom stereocenters. The molecule has 0 aliphatic heterocycles. The topological polar surface area (TPSA) is 31.2 Å². The molecule has 0 aliphatic carbocycles. The number of methoxy groups -OCH3 is 1. The van der Waals surface area contributed by atoms with Crippen molar-refractivity contribution in [2.45, 2.75) is 6.54 Å². The van der Waals surface area contributed by atoms with E-state index in [1.807, 2.05) is 0 Å². The molecule has 0 amide bonds. The summed E-state index contributed by atoms with van der Waals surface area (Å²) in [5, 5.41) is 0. The second-order valence-corrected chi connectivity index (χ2v) is 2.32. The Kier molecular flexibility index (Phi) is 2.85. The monoisotopic (exact) mass is 171 g/mol. The van der Waals surface area contributed by atoms with Crippen LogP contribution in [0.1, 0.15) is 10.4 Å². The van der Waals surface area contributed by atoms with Gasteiger partial charge < -0.3 is 9.30 Å². The second-order valence-electron chi connectivity index (χ2n) is 2.32. The van der Waals surface area contributed by atoms with Gasteiger partial charge in [-0.2, -0.15) is 0 Å². The molecule has 0 saturated carbocycles. The van der Waals surface area contributed by atoms with Crippen LogP contribution in [0.3, 0.4) is 0 Å². The van der Waals surface area contributed by atoms with Gasteiger partial charge in [0.2, 0.25) is 0 Å². The van der Waals surface area contributed by atoms with Crippen molar-refractivity contribution in [3.63, 3.8) is 0 Å². The highest BCUT2D eigenvalue weighted by molar-refractivity contribution is 5.89. The number of hydrogen-bond donors (Lipinski definition) is 0. The van der Waals surface area contributed by atoms with Crippen LogP contribution in [0.15, 0.2) is 18.5 Å². The molecule has 0 aromatic carbocycles. The van der Waals surface area contributed by atoms with Crippen LogP contribution < -0.4 is 0 Å². The molecule has 66 valence electrons. The van der Waals surface area contributed by atoms with Gasteiger partial charge in [-0.05, 0) is 6.07 Å². The third-order valence-corrected chi connectivity index (χ3v) is 1.51. The minimum absolute atomic E-state index is 0.275. The number of rotatable bonds is 3. The third kappa shape index (κ3) is 1.84. The maximum Gasteiger partial charge on any atom is 0.339 e. The first-order valence-electron chi connectivity index (χ1n) is 3.58. The Morgan fingerprint density at radius 3 is 3.08 bits per heavy atom. The molecule has 0 N–H and O–H groups in total.